The largest absolute Gasteiger partial charge is 0.271 e. The highest BCUT2D eigenvalue weighted by atomic mass is 15.4. The molecule has 0 fully saturated rings. The first kappa shape index (κ1) is 13.1. The van der Waals surface area contributed by atoms with Gasteiger partial charge in [-0.3, -0.25) is 11.3 Å². The van der Waals surface area contributed by atoms with Crippen LogP contribution in [0.3, 0.4) is 0 Å². The Labute approximate surface area is 97.4 Å². The Balaban J connectivity index is 2.73. The van der Waals surface area contributed by atoms with Crippen LogP contribution in [0, 0.1) is 5.92 Å². The maximum atomic E-state index is 5.61. The summed E-state index contributed by atoms with van der Waals surface area (Å²) in [6.07, 6.45) is 5.04. The molecule has 0 spiro atoms. The van der Waals surface area contributed by atoms with Crippen LogP contribution in [0.2, 0.25) is 0 Å². The van der Waals surface area contributed by atoms with Gasteiger partial charge in [-0.25, -0.2) is 4.68 Å². The fraction of sp³-hybridized carbons (Fsp3) is 0.818. The molecule has 1 heterocycles. The van der Waals surface area contributed by atoms with Crippen LogP contribution < -0.4 is 11.3 Å². The lowest BCUT2D eigenvalue weighted by molar-refractivity contribution is 0.383. The Morgan fingerprint density at radius 2 is 2.25 bits per heavy atom. The molecule has 1 aromatic heterocycles. The molecule has 5 nitrogen and oxygen atoms in total. The first-order chi connectivity index (χ1) is 7.72. The second-order valence-electron chi connectivity index (χ2n) is 4.35. The summed E-state index contributed by atoms with van der Waals surface area (Å²) in [7, 11) is 0. The van der Waals surface area contributed by atoms with Crippen LogP contribution in [-0.4, -0.2) is 15.0 Å². The van der Waals surface area contributed by atoms with E-state index in [-0.39, 0.29) is 6.04 Å². The van der Waals surface area contributed by atoms with E-state index < -0.39 is 0 Å². The Hall–Kier alpha value is -0.940. The molecule has 1 rings (SSSR count). The molecule has 92 valence electrons. The van der Waals surface area contributed by atoms with Crippen LogP contribution in [0.4, 0.5) is 0 Å². The lowest BCUT2D eigenvalue weighted by Gasteiger charge is -2.19. The molecular formula is C11H23N5. The minimum atomic E-state index is 0.150. The lowest BCUT2D eigenvalue weighted by Crippen LogP contribution is -2.31. The minimum absolute atomic E-state index is 0.150. The highest BCUT2D eigenvalue weighted by molar-refractivity contribution is 5.02. The number of rotatable bonds is 7. The number of nitrogens with two attached hydrogens (primary N) is 1. The zero-order valence-corrected chi connectivity index (χ0v) is 10.5. The Morgan fingerprint density at radius 3 is 2.81 bits per heavy atom. The van der Waals surface area contributed by atoms with Crippen molar-refractivity contribution in [3.05, 3.63) is 11.9 Å². The van der Waals surface area contributed by atoms with Gasteiger partial charge in [0.1, 0.15) is 0 Å². The Morgan fingerprint density at radius 1 is 1.50 bits per heavy atom. The molecule has 0 aliphatic heterocycles. The second-order valence-corrected chi connectivity index (χ2v) is 4.35. The number of aromatic nitrogens is 3. The van der Waals surface area contributed by atoms with Gasteiger partial charge in [0.2, 0.25) is 0 Å². The van der Waals surface area contributed by atoms with E-state index in [9.17, 15) is 0 Å². The molecule has 2 atom stereocenters. The molecule has 16 heavy (non-hydrogen) atoms. The van der Waals surface area contributed by atoms with E-state index in [1.54, 1.807) is 0 Å². The van der Waals surface area contributed by atoms with Gasteiger partial charge in [0.15, 0.2) is 0 Å². The van der Waals surface area contributed by atoms with Gasteiger partial charge in [0, 0.05) is 6.54 Å². The molecule has 0 amide bonds. The van der Waals surface area contributed by atoms with Gasteiger partial charge in [-0.1, -0.05) is 32.4 Å². The number of nitrogens with zero attached hydrogens (tertiary/aromatic N) is 3. The normalized spacial score (nSPS) is 15.0. The molecule has 5 heteroatoms. The van der Waals surface area contributed by atoms with Crippen molar-refractivity contribution in [2.75, 3.05) is 0 Å². The van der Waals surface area contributed by atoms with Crippen LogP contribution >= 0.6 is 0 Å². The topological polar surface area (TPSA) is 68.8 Å². The number of nitrogens with one attached hydrogen (secondary N) is 1. The molecule has 0 aliphatic carbocycles. The third-order valence-electron chi connectivity index (χ3n) is 2.98. The van der Waals surface area contributed by atoms with Crippen LogP contribution in [0.25, 0.3) is 0 Å². The molecular weight excluding hydrogens is 202 g/mol. The summed E-state index contributed by atoms with van der Waals surface area (Å²) < 4.78 is 1.94. The number of aryl methyl sites for hydroxylation is 1. The van der Waals surface area contributed by atoms with Crippen molar-refractivity contribution in [1.82, 2.24) is 20.4 Å². The average molecular weight is 225 g/mol. The third kappa shape index (κ3) is 3.28. The van der Waals surface area contributed by atoms with Crippen molar-refractivity contribution in [3.8, 4) is 0 Å². The summed E-state index contributed by atoms with van der Waals surface area (Å²) >= 11 is 0. The maximum absolute atomic E-state index is 5.61. The molecule has 1 aromatic rings. The quantitative estimate of drug-likeness (QED) is 0.546. The zero-order valence-electron chi connectivity index (χ0n) is 10.5. The summed E-state index contributed by atoms with van der Waals surface area (Å²) in [5.74, 6) is 6.26. The molecule has 0 saturated heterocycles. The van der Waals surface area contributed by atoms with Gasteiger partial charge < -0.3 is 0 Å². The average Bonchev–Trinajstić information content (AvgIpc) is 2.74. The SMILES string of the molecule is CCCn1nncc1C(CC(C)CC)NN. The van der Waals surface area contributed by atoms with E-state index in [1.165, 1.54) is 0 Å². The van der Waals surface area contributed by atoms with Gasteiger partial charge in [-0.05, 0) is 18.8 Å². The lowest BCUT2D eigenvalue weighted by atomic mass is 9.98. The number of hydrogen-bond acceptors (Lipinski definition) is 4. The van der Waals surface area contributed by atoms with Gasteiger partial charge in [0.25, 0.3) is 0 Å². The fourth-order valence-corrected chi connectivity index (χ4v) is 1.76. The summed E-state index contributed by atoms with van der Waals surface area (Å²) in [6, 6.07) is 0.150. The minimum Gasteiger partial charge on any atom is -0.271 e. The van der Waals surface area contributed by atoms with Gasteiger partial charge >= 0.3 is 0 Å². The number of hydrazine groups is 1. The molecule has 2 unspecified atom stereocenters. The standard InChI is InChI=1S/C11H23N5/c1-4-6-16-11(8-13-15-16)10(14-12)7-9(3)5-2/h8-10,14H,4-7,12H2,1-3H3. The van der Waals surface area contributed by atoms with Gasteiger partial charge in [-0.2, -0.15) is 0 Å². The van der Waals surface area contributed by atoms with E-state index >= 15 is 0 Å². The third-order valence-corrected chi connectivity index (χ3v) is 2.98. The molecule has 0 bridgehead atoms. The van der Waals surface area contributed by atoms with Crippen molar-refractivity contribution in [2.45, 2.75) is 52.6 Å². The molecule has 0 saturated carbocycles. The maximum Gasteiger partial charge on any atom is 0.0770 e. The second kappa shape index (κ2) is 6.60. The Bertz CT molecular complexity index is 296. The monoisotopic (exact) mass is 225 g/mol. The fourth-order valence-electron chi connectivity index (χ4n) is 1.76. The van der Waals surface area contributed by atoms with Gasteiger partial charge in [-0.15, -0.1) is 5.10 Å². The summed E-state index contributed by atoms with van der Waals surface area (Å²) in [6.45, 7) is 7.46. The molecule has 0 radical (unpaired) electrons. The molecule has 0 aliphatic rings. The van der Waals surface area contributed by atoms with Crippen LogP contribution in [0.5, 0.6) is 0 Å². The first-order valence-electron chi connectivity index (χ1n) is 6.07. The van der Waals surface area contributed by atoms with E-state index in [0.717, 1.165) is 31.5 Å². The summed E-state index contributed by atoms with van der Waals surface area (Å²) in [4.78, 5) is 0. The predicted octanol–water partition coefficient (Wildman–Crippen LogP) is 1.63. The summed E-state index contributed by atoms with van der Waals surface area (Å²) in [5.41, 5.74) is 3.96. The van der Waals surface area contributed by atoms with E-state index in [0.29, 0.717) is 5.92 Å². The Kier molecular flexibility index (Phi) is 5.42. The van der Waals surface area contributed by atoms with Crippen molar-refractivity contribution < 1.29 is 0 Å². The van der Waals surface area contributed by atoms with Crippen molar-refractivity contribution in [3.63, 3.8) is 0 Å². The van der Waals surface area contributed by atoms with Crippen LogP contribution in [-0.2, 0) is 6.54 Å². The van der Waals surface area contributed by atoms with Crippen LogP contribution in [0.15, 0.2) is 6.20 Å². The first-order valence-corrected chi connectivity index (χ1v) is 6.07. The van der Waals surface area contributed by atoms with Crippen molar-refractivity contribution >= 4 is 0 Å². The zero-order chi connectivity index (χ0) is 12.0. The number of hydrogen-bond donors (Lipinski definition) is 2. The van der Waals surface area contributed by atoms with E-state index in [1.807, 2.05) is 10.9 Å². The molecule has 0 aromatic carbocycles. The highest BCUT2D eigenvalue weighted by Crippen LogP contribution is 2.21. The van der Waals surface area contributed by atoms with Crippen molar-refractivity contribution in [1.29, 1.82) is 0 Å². The highest BCUT2D eigenvalue weighted by Gasteiger charge is 2.17. The summed E-state index contributed by atoms with van der Waals surface area (Å²) in [5, 5.41) is 8.04. The van der Waals surface area contributed by atoms with E-state index in [4.69, 9.17) is 5.84 Å². The smallest absolute Gasteiger partial charge is 0.0770 e. The molecule has 3 N–H and O–H groups in total. The van der Waals surface area contributed by atoms with Crippen LogP contribution in [0.1, 0.15) is 51.8 Å². The van der Waals surface area contributed by atoms with Gasteiger partial charge in [0.05, 0.1) is 17.9 Å². The predicted molar refractivity (Wildman–Crippen MR) is 64.4 cm³/mol. The van der Waals surface area contributed by atoms with E-state index in [2.05, 4.69) is 36.5 Å². The van der Waals surface area contributed by atoms with Crippen molar-refractivity contribution in [2.24, 2.45) is 11.8 Å².